The van der Waals surface area contributed by atoms with Crippen molar-refractivity contribution in [3.05, 3.63) is 76.5 Å². The molecule has 0 saturated heterocycles. The van der Waals surface area contributed by atoms with Crippen molar-refractivity contribution in [2.45, 2.75) is 4.90 Å². The third-order valence-electron chi connectivity index (χ3n) is 3.01. The molecule has 0 aromatic heterocycles. The highest BCUT2D eigenvalue weighted by atomic mass is 32.2. The number of benzene rings is 2. The number of non-ortho nitro benzene ring substituents is 1. The van der Waals surface area contributed by atoms with Crippen molar-refractivity contribution in [2.75, 3.05) is 5.32 Å². The van der Waals surface area contributed by atoms with Crippen LogP contribution in [0, 0.1) is 10.1 Å². The number of nitrogens with zero attached hydrogens (tertiary/aromatic N) is 1. The number of nitrogens with one attached hydrogen (secondary N) is 1. The molecule has 0 unspecified atom stereocenters. The van der Waals surface area contributed by atoms with Gasteiger partial charge in [0.1, 0.15) is 0 Å². The number of allylic oxidation sites excluding steroid dienone is 1. The van der Waals surface area contributed by atoms with Crippen LogP contribution in [0.2, 0.25) is 0 Å². The lowest BCUT2D eigenvalue weighted by molar-refractivity contribution is -0.384. The van der Waals surface area contributed by atoms with Gasteiger partial charge in [-0.05, 0) is 30.3 Å². The topological polar surface area (TPSA) is 132 Å². The third-order valence-corrected chi connectivity index (χ3v) is 3.92. The van der Waals surface area contributed by atoms with Crippen molar-refractivity contribution in [1.29, 1.82) is 0 Å². The Morgan fingerprint density at radius 1 is 1.17 bits per heavy atom. The molecule has 9 heteroatoms. The summed E-state index contributed by atoms with van der Waals surface area (Å²) in [7, 11) is -3.81. The summed E-state index contributed by atoms with van der Waals surface area (Å²) in [5, 5.41) is 18.3. The van der Waals surface area contributed by atoms with Crippen LogP contribution in [0.5, 0.6) is 0 Å². The maximum absolute atomic E-state index is 11.9. The largest absolute Gasteiger partial charge is 0.362 e. The zero-order valence-electron chi connectivity index (χ0n) is 12.2. The summed E-state index contributed by atoms with van der Waals surface area (Å²) in [4.78, 5) is 21.9. The Bertz CT molecular complexity index is 905. The number of carbonyl (C=O) groups excluding carboxylic acids is 1. The number of carbonyl (C=O) groups is 1. The van der Waals surface area contributed by atoms with Gasteiger partial charge in [0.25, 0.3) is 5.69 Å². The molecule has 0 amide bonds. The van der Waals surface area contributed by atoms with E-state index in [0.717, 1.165) is 0 Å². The number of nitro groups is 1. The fourth-order valence-electron chi connectivity index (χ4n) is 1.82. The second-order valence-corrected chi connectivity index (χ2v) is 6.28. The summed E-state index contributed by atoms with van der Waals surface area (Å²) in [6.07, 6.45) is 2.57. The predicted molar refractivity (Wildman–Crippen MR) is 88.0 cm³/mol. The number of primary sulfonamides is 1. The molecule has 0 heterocycles. The summed E-state index contributed by atoms with van der Waals surface area (Å²) < 4.78 is 22.5. The van der Waals surface area contributed by atoms with Gasteiger partial charge in [-0.1, -0.05) is 6.07 Å². The van der Waals surface area contributed by atoms with Crippen LogP contribution in [-0.4, -0.2) is 19.1 Å². The Balaban J connectivity index is 2.06. The molecule has 0 fully saturated rings. The van der Waals surface area contributed by atoms with Crippen LogP contribution in [0.4, 0.5) is 11.4 Å². The molecule has 8 nitrogen and oxygen atoms in total. The van der Waals surface area contributed by atoms with Gasteiger partial charge < -0.3 is 5.32 Å². The van der Waals surface area contributed by atoms with Crippen LogP contribution in [0.25, 0.3) is 0 Å². The standard InChI is InChI=1S/C15H13N3O5S/c16-24(22,23)14-3-1-2-12(10-14)17-9-8-15(19)11-4-6-13(7-5-11)18(20)21/h1-10,17H,(H2,16,22,23)/b9-8+. The van der Waals surface area contributed by atoms with Crippen molar-refractivity contribution < 1.29 is 18.1 Å². The molecule has 0 aliphatic rings. The number of rotatable bonds is 6. The van der Waals surface area contributed by atoms with Crippen molar-refractivity contribution in [3.8, 4) is 0 Å². The van der Waals surface area contributed by atoms with Gasteiger partial charge in [0.2, 0.25) is 10.0 Å². The van der Waals surface area contributed by atoms with E-state index in [1.807, 2.05) is 0 Å². The smallest absolute Gasteiger partial charge is 0.269 e. The monoisotopic (exact) mass is 347 g/mol. The van der Waals surface area contributed by atoms with E-state index < -0.39 is 14.9 Å². The third kappa shape index (κ3) is 4.48. The summed E-state index contributed by atoms with van der Waals surface area (Å²) in [5.41, 5.74) is 0.625. The second-order valence-electron chi connectivity index (χ2n) is 4.72. The van der Waals surface area contributed by atoms with Gasteiger partial charge in [-0.2, -0.15) is 0 Å². The number of anilines is 1. The molecule has 0 radical (unpaired) electrons. The number of ketones is 1. The molecule has 0 aliphatic heterocycles. The normalized spacial score (nSPS) is 11.4. The lowest BCUT2D eigenvalue weighted by Crippen LogP contribution is -2.12. The minimum absolute atomic E-state index is 0.0532. The maximum atomic E-state index is 11.9. The molecule has 0 spiro atoms. The quantitative estimate of drug-likeness (QED) is 0.356. The molecule has 2 rings (SSSR count). The van der Waals surface area contributed by atoms with Crippen molar-refractivity contribution in [2.24, 2.45) is 5.14 Å². The Morgan fingerprint density at radius 3 is 2.42 bits per heavy atom. The van der Waals surface area contributed by atoms with Crippen LogP contribution < -0.4 is 10.5 Å². The Morgan fingerprint density at radius 2 is 1.83 bits per heavy atom. The van der Waals surface area contributed by atoms with E-state index in [9.17, 15) is 23.3 Å². The first-order valence-electron chi connectivity index (χ1n) is 6.62. The summed E-state index contributed by atoms with van der Waals surface area (Å²) in [5.74, 6) is -0.361. The van der Waals surface area contributed by atoms with Gasteiger partial charge in [-0.3, -0.25) is 14.9 Å². The molecule has 124 valence electrons. The van der Waals surface area contributed by atoms with E-state index in [1.54, 1.807) is 6.07 Å². The van der Waals surface area contributed by atoms with Crippen LogP contribution in [0.1, 0.15) is 10.4 Å². The number of hydrogen-bond acceptors (Lipinski definition) is 6. The zero-order valence-corrected chi connectivity index (χ0v) is 13.1. The number of nitro benzene ring substituents is 1. The fraction of sp³-hybridized carbons (Fsp3) is 0. The molecular formula is C15H13N3O5S. The van der Waals surface area contributed by atoms with Gasteiger partial charge in [0, 0.05) is 35.7 Å². The highest BCUT2D eigenvalue weighted by molar-refractivity contribution is 7.89. The van der Waals surface area contributed by atoms with E-state index >= 15 is 0 Å². The molecule has 2 aromatic carbocycles. The predicted octanol–water partition coefficient (Wildman–Crippen LogP) is 2.05. The van der Waals surface area contributed by atoms with Crippen LogP contribution in [0.3, 0.4) is 0 Å². The van der Waals surface area contributed by atoms with Crippen molar-refractivity contribution in [1.82, 2.24) is 0 Å². The second kappa shape index (κ2) is 7.02. The van der Waals surface area contributed by atoms with Crippen LogP contribution in [0.15, 0.2) is 65.7 Å². The molecule has 24 heavy (non-hydrogen) atoms. The summed E-state index contributed by atoms with van der Waals surface area (Å²) in [6, 6.07) is 11.0. The van der Waals surface area contributed by atoms with E-state index in [2.05, 4.69) is 5.32 Å². The Hall–Kier alpha value is -3.04. The van der Waals surface area contributed by atoms with Gasteiger partial charge in [0.05, 0.1) is 9.82 Å². The lowest BCUT2D eigenvalue weighted by Gasteiger charge is -2.03. The van der Waals surface area contributed by atoms with Gasteiger partial charge >= 0.3 is 0 Å². The van der Waals surface area contributed by atoms with Gasteiger partial charge in [0.15, 0.2) is 5.78 Å². The number of nitrogens with two attached hydrogens (primary N) is 1. The Labute approximate surface area is 137 Å². The van der Waals surface area contributed by atoms with Gasteiger partial charge in [-0.15, -0.1) is 0 Å². The average Bonchev–Trinajstić information content (AvgIpc) is 2.54. The van der Waals surface area contributed by atoms with Crippen molar-refractivity contribution in [3.63, 3.8) is 0 Å². The highest BCUT2D eigenvalue weighted by Crippen LogP contribution is 2.15. The zero-order chi connectivity index (χ0) is 17.7. The number of hydrogen-bond donors (Lipinski definition) is 2. The minimum atomic E-state index is -3.81. The van der Waals surface area contributed by atoms with Crippen LogP contribution >= 0.6 is 0 Å². The van der Waals surface area contributed by atoms with Gasteiger partial charge in [-0.25, -0.2) is 13.6 Å². The first-order chi connectivity index (χ1) is 11.3. The molecule has 0 aliphatic carbocycles. The highest BCUT2D eigenvalue weighted by Gasteiger charge is 2.08. The van der Waals surface area contributed by atoms with Crippen LogP contribution in [-0.2, 0) is 10.0 Å². The molecular weight excluding hydrogens is 334 g/mol. The first-order valence-corrected chi connectivity index (χ1v) is 8.17. The average molecular weight is 347 g/mol. The molecule has 0 atom stereocenters. The summed E-state index contributed by atoms with van der Waals surface area (Å²) in [6.45, 7) is 0. The maximum Gasteiger partial charge on any atom is 0.269 e. The fourth-order valence-corrected chi connectivity index (χ4v) is 2.38. The summed E-state index contributed by atoms with van der Waals surface area (Å²) >= 11 is 0. The SMILES string of the molecule is NS(=O)(=O)c1cccc(N/C=C/C(=O)c2ccc([N+](=O)[O-])cc2)c1. The Kier molecular flexibility index (Phi) is 5.07. The van der Waals surface area contributed by atoms with E-state index in [0.29, 0.717) is 5.69 Å². The van der Waals surface area contributed by atoms with Crippen molar-refractivity contribution >= 4 is 27.2 Å². The molecule has 0 saturated carbocycles. The minimum Gasteiger partial charge on any atom is -0.362 e. The molecule has 3 N–H and O–H groups in total. The van der Waals surface area contributed by atoms with E-state index in [1.165, 1.54) is 54.7 Å². The van der Waals surface area contributed by atoms with E-state index in [4.69, 9.17) is 5.14 Å². The molecule has 2 aromatic rings. The first kappa shape index (κ1) is 17.3. The lowest BCUT2D eigenvalue weighted by atomic mass is 10.1. The van der Waals surface area contributed by atoms with E-state index in [-0.39, 0.29) is 21.9 Å². The number of sulfonamides is 1. The molecule has 0 bridgehead atoms.